The lowest BCUT2D eigenvalue weighted by molar-refractivity contribution is -0.168. The Morgan fingerprint density at radius 2 is 1.06 bits per heavy atom. The fraction of sp³-hybridized carbons (Fsp3) is 0.231. The third-order valence-electron chi connectivity index (χ3n) is 6.73. The van der Waals surface area contributed by atoms with E-state index in [1.54, 1.807) is 0 Å². The van der Waals surface area contributed by atoms with Gasteiger partial charge < -0.3 is 9.13 Å². The Hall–Kier alpha value is -3.64. The summed E-state index contributed by atoms with van der Waals surface area (Å²) in [7, 11) is 0. The number of rotatable bonds is 0. The second kappa shape index (κ2) is 7.21. The average Bonchev–Trinajstić information content (AvgIpc) is 3.43. The molecule has 4 aromatic rings. The van der Waals surface area contributed by atoms with Crippen LogP contribution in [0.15, 0.2) is 60.9 Å². The molecule has 6 nitrogen and oxygen atoms in total. The average molecular weight is 425 g/mol. The molecule has 2 amide bonds. The fourth-order valence-corrected chi connectivity index (χ4v) is 5.20. The molecule has 6 rings (SSSR count). The monoisotopic (exact) mass is 425 g/mol. The van der Waals surface area contributed by atoms with Crippen molar-refractivity contribution >= 4 is 44.8 Å². The second-order valence-electron chi connectivity index (χ2n) is 8.59. The number of para-hydroxylation sites is 2. The highest BCUT2D eigenvalue weighted by Gasteiger charge is 2.41. The van der Waals surface area contributed by atoms with Gasteiger partial charge in [-0.25, -0.2) is 0 Å². The number of carbonyl (C=O) groups excluding carboxylic acids is 2. The van der Waals surface area contributed by atoms with Crippen molar-refractivity contribution in [3.8, 4) is 0 Å². The predicted octanol–water partition coefficient (Wildman–Crippen LogP) is 4.84. The van der Waals surface area contributed by atoms with Crippen molar-refractivity contribution in [1.29, 1.82) is 0 Å². The maximum Gasteiger partial charge on any atom is 0.286 e. The van der Waals surface area contributed by atoms with Crippen LogP contribution in [0.4, 0.5) is 0 Å². The van der Waals surface area contributed by atoms with Crippen molar-refractivity contribution in [3.05, 3.63) is 72.1 Å². The Kier molecular flexibility index (Phi) is 4.30. The number of hydrogen-bond donors (Lipinski definition) is 1. The quantitative estimate of drug-likeness (QED) is 0.324. The molecule has 32 heavy (non-hydrogen) atoms. The van der Waals surface area contributed by atoms with E-state index in [4.69, 9.17) is 0 Å². The van der Waals surface area contributed by atoms with E-state index >= 15 is 0 Å². The standard InChI is InChI=1S/C26H23N3O3/c30-25-23-19-15-27(21-11-5-3-9-17(19)21)13-7-1-2-8-14-28-16-20(24(23)26(31)29(25)32)18-10-4-6-12-22(18)28/h3-6,9-12,15-16,32H,1-2,7-8,13-14H2. The summed E-state index contributed by atoms with van der Waals surface area (Å²) in [6.07, 6.45) is 8.28. The number of imide groups is 1. The molecule has 1 N–H and O–H groups in total. The Morgan fingerprint density at radius 1 is 0.625 bits per heavy atom. The summed E-state index contributed by atoms with van der Waals surface area (Å²) in [5, 5.41) is 12.5. The van der Waals surface area contributed by atoms with Gasteiger partial charge in [-0.3, -0.25) is 14.8 Å². The molecule has 0 unspecified atom stereocenters. The van der Waals surface area contributed by atoms with E-state index in [9.17, 15) is 14.8 Å². The summed E-state index contributed by atoms with van der Waals surface area (Å²) in [5.74, 6) is -1.34. The molecule has 6 heteroatoms. The lowest BCUT2D eigenvalue weighted by Crippen LogP contribution is -2.27. The Labute approximate surface area is 184 Å². The SMILES string of the molecule is O=C1C2=C(C(=O)N1O)c1cn(c3ccccc13)CCCCCCn1cc2c2ccccc21. The van der Waals surface area contributed by atoms with E-state index in [2.05, 4.69) is 9.13 Å². The zero-order chi connectivity index (χ0) is 21.8. The zero-order valence-electron chi connectivity index (χ0n) is 17.6. The number of nitrogens with zero attached hydrogens (tertiary/aromatic N) is 3. The van der Waals surface area contributed by atoms with Gasteiger partial charge in [0.2, 0.25) is 0 Å². The van der Waals surface area contributed by atoms with Gasteiger partial charge in [0.05, 0.1) is 11.1 Å². The highest BCUT2D eigenvalue weighted by atomic mass is 16.5. The lowest BCUT2D eigenvalue weighted by atomic mass is 9.95. The minimum absolute atomic E-state index is 0.265. The van der Waals surface area contributed by atoms with E-state index in [0.29, 0.717) is 11.1 Å². The third-order valence-corrected chi connectivity index (χ3v) is 6.73. The number of aromatic nitrogens is 2. The van der Waals surface area contributed by atoms with Gasteiger partial charge in [0.1, 0.15) is 0 Å². The number of hydroxylamine groups is 2. The van der Waals surface area contributed by atoms with Gasteiger partial charge in [-0.1, -0.05) is 49.2 Å². The molecule has 2 aliphatic heterocycles. The molecule has 2 aromatic carbocycles. The zero-order valence-corrected chi connectivity index (χ0v) is 17.6. The summed E-state index contributed by atoms with van der Waals surface area (Å²) >= 11 is 0. The maximum absolute atomic E-state index is 13.2. The van der Waals surface area contributed by atoms with E-state index < -0.39 is 11.8 Å². The van der Waals surface area contributed by atoms with Crippen LogP contribution in [0.3, 0.4) is 0 Å². The lowest BCUT2D eigenvalue weighted by Gasteiger charge is -2.07. The first-order valence-electron chi connectivity index (χ1n) is 11.1. The fourth-order valence-electron chi connectivity index (χ4n) is 5.20. The van der Waals surface area contributed by atoms with Crippen molar-refractivity contribution in [2.75, 3.05) is 0 Å². The van der Waals surface area contributed by atoms with Crippen molar-refractivity contribution in [3.63, 3.8) is 0 Å². The van der Waals surface area contributed by atoms with E-state index in [0.717, 1.165) is 60.6 Å². The first-order valence-corrected chi connectivity index (χ1v) is 11.1. The van der Waals surface area contributed by atoms with Gasteiger partial charge in [0, 0.05) is 58.4 Å². The van der Waals surface area contributed by atoms with Crippen LogP contribution in [0, 0.1) is 0 Å². The van der Waals surface area contributed by atoms with Crippen molar-refractivity contribution in [2.24, 2.45) is 0 Å². The smallest absolute Gasteiger partial charge is 0.286 e. The third kappa shape index (κ3) is 2.69. The minimum atomic E-state index is -0.670. The molecule has 0 aliphatic carbocycles. The molecule has 0 atom stereocenters. The van der Waals surface area contributed by atoms with Crippen LogP contribution in [-0.2, 0) is 22.7 Å². The van der Waals surface area contributed by atoms with Crippen molar-refractivity contribution in [2.45, 2.75) is 38.8 Å². The molecule has 4 heterocycles. The normalized spacial score (nSPS) is 17.3. The van der Waals surface area contributed by atoms with Gasteiger partial charge in [-0.2, -0.15) is 0 Å². The number of aryl methyl sites for hydroxylation is 2. The van der Waals surface area contributed by atoms with Gasteiger partial charge in [-0.05, 0) is 25.0 Å². The van der Waals surface area contributed by atoms with Crippen molar-refractivity contribution < 1.29 is 14.8 Å². The van der Waals surface area contributed by atoms with Crippen molar-refractivity contribution in [1.82, 2.24) is 14.2 Å². The summed E-state index contributed by atoms with van der Waals surface area (Å²) < 4.78 is 4.34. The number of benzene rings is 2. The summed E-state index contributed by atoms with van der Waals surface area (Å²) in [5.41, 5.74) is 3.99. The Balaban J connectivity index is 1.72. The van der Waals surface area contributed by atoms with Gasteiger partial charge in [0.25, 0.3) is 11.8 Å². The molecule has 4 bridgehead atoms. The molecule has 0 spiro atoms. The second-order valence-corrected chi connectivity index (χ2v) is 8.59. The molecule has 160 valence electrons. The predicted molar refractivity (Wildman–Crippen MR) is 123 cm³/mol. The molecular formula is C26H23N3O3. The molecule has 0 saturated heterocycles. The topological polar surface area (TPSA) is 67.5 Å². The number of fused-ring (bicyclic) bond motifs is 12. The number of amides is 2. The van der Waals surface area contributed by atoms with Crippen LogP contribution in [0.1, 0.15) is 36.8 Å². The Bertz CT molecular complexity index is 1330. The first-order chi connectivity index (χ1) is 15.6. The van der Waals surface area contributed by atoms with Crippen LogP contribution in [-0.4, -0.2) is 31.2 Å². The number of hydrogen-bond acceptors (Lipinski definition) is 3. The van der Waals surface area contributed by atoms with E-state index in [1.807, 2.05) is 60.9 Å². The van der Waals surface area contributed by atoms with Crippen LogP contribution in [0.2, 0.25) is 0 Å². The summed E-state index contributed by atoms with van der Waals surface area (Å²) in [6, 6.07) is 15.9. The number of carbonyl (C=O) groups is 2. The molecule has 2 aromatic heterocycles. The van der Waals surface area contributed by atoms with Gasteiger partial charge in [0.15, 0.2) is 0 Å². The Morgan fingerprint density at radius 3 is 1.53 bits per heavy atom. The molecule has 0 fully saturated rings. The molecule has 2 aliphatic rings. The van der Waals surface area contributed by atoms with Gasteiger partial charge >= 0.3 is 0 Å². The molecule has 0 saturated carbocycles. The van der Waals surface area contributed by atoms with Crippen LogP contribution in [0.25, 0.3) is 33.0 Å². The molecule has 0 radical (unpaired) electrons. The highest BCUT2D eigenvalue weighted by Crippen LogP contribution is 2.41. The van der Waals surface area contributed by atoms with Crippen LogP contribution in [0.5, 0.6) is 0 Å². The summed E-state index contributed by atoms with van der Waals surface area (Å²) in [6.45, 7) is 1.70. The van der Waals surface area contributed by atoms with Crippen LogP contribution < -0.4 is 0 Å². The maximum atomic E-state index is 13.2. The first kappa shape index (κ1) is 19.1. The largest absolute Gasteiger partial charge is 0.347 e. The molecular weight excluding hydrogens is 402 g/mol. The van der Waals surface area contributed by atoms with Crippen LogP contribution >= 0.6 is 0 Å². The summed E-state index contributed by atoms with van der Waals surface area (Å²) in [4.78, 5) is 26.3. The minimum Gasteiger partial charge on any atom is -0.347 e. The van der Waals surface area contributed by atoms with E-state index in [-0.39, 0.29) is 16.2 Å². The van der Waals surface area contributed by atoms with Gasteiger partial charge in [-0.15, -0.1) is 5.06 Å². The highest BCUT2D eigenvalue weighted by molar-refractivity contribution is 6.50. The van der Waals surface area contributed by atoms with E-state index in [1.165, 1.54) is 0 Å².